The number of nitrogens with zero attached hydrogens (tertiary/aromatic N) is 3. The summed E-state index contributed by atoms with van der Waals surface area (Å²) in [7, 11) is 0. The second kappa shape index (κ2) is 6.63. The number of esters is 1. The number of rotatable bonds is 2. The Morgan fingerprint density at radius 3 is 2.74 bits per heavy atom. The quantitative estimate of drug-likeness (QED) is 0.617. The van der Waals surface area contributed by atoms with Crippen LogP contribution in [0.25, 0.3) is 5.69 Å². The van der Waals surface area contributed by atoms with Crippen LogP contribution in [0.4, 0.5) is 4.39 Å². The van der Waals surface area contributed by atoms with E-state index in [1.807, 2.05) is 17.6 Å². The van der Waals surface area contributed by atoms with Crippen molar-refractivity contribution in [1.29, 1.82) is 0 Å². The summed E-state index contributed by atoms with van der Waals surface area (Å²) < 4.78 is 21.8. The lowest BCUT2D eigenvalue weighted by atomic mass is 10.00. The van der Waals surface area contributed by atoms with Crippen molar-refractivity contribution in [2.75, 3.05) is 0 Å². The molecule has 1 aromatic heterocycles. The Morgan fingerprint density at radius 1 is 1.22 bits per heavy atom. The molecule has 0 bridgehead atoms. The van der Waals surface area contributed by atoms with Crippen LogP contribution in [-0.2, 0) is 9.53 Å². The maximum atomic E-state index is 14.6. The van der Waals surface area contributed by atoms with Crippen LogP contribution in [0.3, 0.4) is 0 Å². The Bertz CT molecular complexity index is 1090. The number of hydrogen-bond acceptors (Lipinski definition) is 4. The van der Waals surface area contributed by atoms with Crippen molar-refractivity contribution >= 4 is 23.3 Å². The van der Waals surface area contributed by atoms with E-state index < -0.39 is 18.0 Å². The Hall–Kier alpha value is -2.99. The monoisotopic (exact) mass is 383 g/mol. The molecule has 2 aromatic carbocycles. The number of halogens is 2. The third kappa shape index (κ3) is 3.02. The van der Waals surface area contributed by atoms with Crippen molar-refractivity contribution in [2.45, 2.75) is 20.1 Å². The number of carbonyl (C=O) groups is 1. The Kier molecular flexibility index (Phi) is 4.28. The zero-order valence-corrected chi connectivity index (χ0v) is 15.4. The van der Waals surface area contributed by atoms with Gasteiger partial charge in [-0.25, -0.2) is 14.4 Å². The largest absolute Gasteiger partial charge is 0.434 e. The molecule has 0 aliphatic carbocycles. The normalized spacial score (nSPS) is 15.4. The molecule has 0 radical (unpaired) electrons. The fraction of sp³-hybridized carbons (Fsp3) is 0.150. The fourth-order valence-electron chi connectivity index (χ4n) is 3.21. The standard InChI is InChI=1S/C20H15ClFN3O2/c1-11-23-10-18-20(27-12(2)26)24-19(14-5-3-4-6-16(14)22)15-9-13(21)7-8-17(15)25(11)18/h3-10,20H,1-2H3. The van der Waals surface area contributed by atoms with Gasteiger partial charge >= 0.3 is 5.97 Å². The van der Waals surface area contributed by atoms with Gasteiger partial charge in [0.2, 0.25) is 6.23 Å². The molecule has 1 atom stereocenters. The lowest BCUT2D eigenvalue weighted by Gasteiger charge is -2.14. The topological polar surface area (TPSA) is 56.5 Å². The van der Waals surface area contributed by atoms with E-state index in [9.17, 15) is 9.18 Å². The summed E-state index contributed by atoms with van der Waals surface area (Å²) in [6.45, 7) is 3.14. The molecule has 0 N–H and O–H groups in total. The minimum atomic E-state index is -0.954. The van der Waals surface area contributed by atoms with E-state index in [4.69, 9.17) is 16.3 Å². The summed E-state index contributed by atoms with van der Waals surface area (Å²) in [5, 5.41) is 0.489. The Morgan fingerprint density at radius 2 is 2.00 bits per heavy atom. The minimum Gasteiger partial charge on any atom is -0.434 e. The van der Waals surface area contributed by atoms with Crippen molar-refractivity contribution in [2.24, 2.45) is 4.99 Å². The SMILES string of the molecule is CC(=O)OC1N=C(c2ccccc2F)c2cc(Cl)ccc2-n2c1cnc2C. The van der Waals surface area contributed by atoms with Gasteiger partial charge in [0.1, 0.15) is 17.3 Å². The number of aromatic nitrogens is 2. The number of fused-ring (bicyclic) bond motifs is 3. The van der Waals surface area contributed by atoms with Crippen LogP contribution in [0.2, 0.25) is 5.02 Å². The summed E-state index contributed by atoms with van der Waals surface area (Å²) in [5.41, 5.74) is 2.61. The average Bonchev–Trinajstić information content (AvgIpc) is 2.94. The van der Waals surface area contributed by atoms with E-state index in [-0.39, 0.29) is 0 Å². The molecule has 7 heteroatoms. The highest BCUT2D eigenvalue weighted by Crippen LogP contribution is 2.34. The van der Waals surface area contributed by atoms with Crippen molar-refractivity contribution < 1.29 is 13.9 Å². The third-order valence-electron chi connectivity index (χ3n) is 4.33. The smallest absolute Gasteiger partial charge is 0.304 e. The summed E-state index contributed by atoms with van der Waals surface area (Å²) >= 11 is 6.23. The highest BCUT2D eigenvalue weighted by Gasteiger charge is 2.29. The molecule has 3 aromatic rings. The van der Waals surface area contributed by atoms with Crippen LogP contribution in [0.15, 0.2) is 53.7 Å². The van der Waals surface area contributed by atoms with E-state index in [1.54, 1.807) is 36.5 Å². The molecular weight excluding hydrogens is 369 g/mol. The maximum Gasteiger partial charge on any atom is 0.304 e. The molecule has 2 heterocycles. The zero-order chi connectivity index (χ0) is 19.1. The highest BCUT2D eigenvalue weighted by molar-refractivity contribution is 6.31. The first-order valence-electron chi connectivity index (χ1n) is 8.30. The number of aliphatic imine (C=N–C) groups is 1. The molecule has 1 aliphatic heterocycles. The molecule has 4 rings (SSSR count). The summed E-state index contributed by atoms with van der Waals surface area (Å²) in [6.07, 6.45) is 0.652. The number of hydrogen-bond donors (Lipinski definition) is 0. The summed E-state index contributed by atoms with van der Waals surface area (Å²) in [5.74, 6) is -0.230. The van der Waals surface area contributed by atoms with Crippen molar-refractivity contribution in [3.63, 3.8) is 0 Å². The molecule has 1 unspecified atom stereocenters. The van der Waals surface area contributed by atoms with Gasteiger partial charge in [-0.05, 0) is 37.3 Å². The number of imidazole rings is 1. The van der Waals surface area contributed by atoms with Crippen LogP contribution in [0, 0.1) is 12.7 Å². The van der Waals surface area contributed by atoms with Crippen molar-refractivity contribution in [1.82, 2.24) is 9.55 Å². The van der Waals surface area contributed by atoms with Gasteiger partial charge in [0.25, 0.3) is 0 Å². The first-order chi connectivity index (χ1) is 13.0. The fourth-order valence-corrected chi connectivity index (χ4v) is 3.38. The first kappa shape index (κ1) is 17.4. The summed E-state index contributed by atoms with van der Waals surface area (Å²) in [4.78, 5) is 20.6. The lowest BCUT2D eigenvalue weighted by Crippen LogP contribution is -2.11. The zero-order valence-electron chi connectivity index (χ0n) is 14.6. The highest BCUT2D eigenvalue weighted by atomic mass is 35.5. The van der Waals surface area contributed by atoms with E-state index >= 15 is 0 Å². The number of aryl methyl sites for hydroxylation is 1. The molecule has 0 saturated carbocycles. The second-order valence-electron chi connectivity index (χ2n) is 6.15. The number of benzene rings is 2. The van der Waals surface area contributed by atoms with Crippen molar-refractivity contribution in [3.8, 4) is 5.69 Å². The van der Waals surface area contributed by atoms with Gasteiger partial charge in [-0.2, -0.15) is 0 Å². The predicted octanol–water partition coefficient (Wildman–Crippen LogP) is 4.39. The van der Waals surface area contributed by atoms with Gasteiger partial charge in [-0.1, -0.05) is 23.7 Å². The van der Waals surface area contributed by atoms with Crippen LogP contribution in [-0.4, -0.2) is 21.2 Å². The molecule has 0 spiro atoms. The molecule has 5 nitrogen and oxygen atoms in total. The van der Waals surface area contributed by atoms with Crippen molar-refractivity contribution in [3.05, 3.63) is 82.1 Å². The van der Waals surface area contributed by atoms with Gasteiger partial charge in [0.05, 0.1) is 17.6 Å². The average molecular weight is 384 g/mol. The lowest BCUT2D eigenvalue weighted by molar-refractivity contribution is -0.146. The second-order valence-corrected chi connectivity index (χ2v) is 6.58. The molecule has 1 aliphatic rings. The van der Waals surface area contributed by atoms with Crippen LogP contribution in [0.5, 0.6) is 0 Å². The van der Waals surface area contributed by atoms with Gasteiger partial charge in [-0.15, -0.1) is 0 Å². The van der Waals surface area contributed by atoms with Crippen LogP contribution >= 0.6 is 11.6 Å². The Labute approximate surface area is 160 Å². The predicted molar refractivity (Wildman–Crippen MR) is 99.9 cm³/mol. The third-order valence-corrected chi connectivity index (χ3v) is 4.56. The molecule has 27 heavy (non-hydrogen) atoms. The number of carbonyl (C=O) groups excluding carboxylic acids is 1. The molecule has 0 fully saturated rings. The first-order valence-corrected chi connectivity index (χ1v) is 8.68. The van der Waals surface area contributed by atoms with E-state index in [2.05, 4.69) is 9.98 Å². The molecule has 136 valence electrons. The Balaban J connectivity index is 2.06. The summed E-state index contributed by atoms with van der Waals surface area (Å²) in [6, 6.07) is 11.6. The van der Waals surface area contributed by atoms with E-state index in [0.29, 0.717) is 33.4 Å². The van der Waals surface area contributed by atoms with Gasteiger partial charge in [0.15, 0.2) is 0 Å². The van der Waals surface area contributed by atoms with Gasteiger partial charge < -0.3 is 4.74 Å². The molecular formula is C20H15ClFN3O2. The van der Waals surface area contributed by atoms with Gasteiger partial charge in [-0.3, -0.25) is 9.36 Å². The minimum absolute atomic E-state index is 0.300. The van der Waals surface area contributed by atoms with E-state index in [1.165, 1.54) is 13.0 Å². The molecule has 0 saturated heterocycles. The van der Waals surface area contributed by atoms with E-state index in [0.717, 1.165) is 5.69 Å². The van der Waals surface area contributed by atoms with Crippen LogP contribution in [0.1, 0.15) is 35.8 Å². The molecule has 0 amide bonds. The maximum absolute atomic E-state index is 14.6. The van der Waals surface area contributed by atoms with Crippen LogP contribution < -0.4 is 0 Å². The number of ether oxygens (including phenoxy) is 1. The van der Waals surface area contributed by atoms with Gasteiger partial charge in [0, 0.05) is 23.1 Å².